The molecule has 1 N–H and O–H groups in total. The van der Waals surface area contributed by atoms with Crippen molar-refractivity contribution in [1.29, 1.82) is 0 Å². The maximum absolute atomic E-state index is 13.4. The molecule has 0 aromatic heterocycles. The Morgan fingerprint density at radius 1 is 1.03 bits per heavy atom. The van der Waals surface area contributed by atoms with Gasteiger partial charge in [-0.05, 0) is 54.4 Å². The number of carbonyl (C=O) groups is 2. The van der Waals surface area contributed by atoms with Gasteiger partial charge < -0.3 is 14.9 Å². The third-order valence-electron chi connectivity index (χ3n) is 6.13. The second-order valence-corrected chi connectivity index (χ2v) is 8.35. The van der Waals surface area contributed by atoms with Gasteiger partial charge in [0.2, 0.25) is 0 Å². The average molecular weight is 439 g/mol. The van der Waals surface area contributed by atoms with Crippen molar-refractivity contribution < 1.29 is 19.1 Å². The summed E-state index contributed by atoms with van der Waals surface area (Å²) in [5.74, 6) is -1.73. The number of hydrogen-bond acceptors (Lipinski definition) is 4. The van der Waals surface area contributed by atoms with Gasteiger partial charge in [0, 0.05) is 18.7 Å². The minimum Gasteiger partial charge on any atom is -0.507 e. The number of aliphatic hydroxyl groups is 1. The van der Waals surface area contributed by atoms with Crippen molar-refractivity contribution in [2.24, 2.45) is 0 Å². The van der Waals surface area contributed by atoms with Crippen LogP contribution in [0.15, 0.2) is 54.1 Å². The fourth-order valence-corrected chi connectivity index (χ4v) is 4.07. The SMILES string of the molecule is CCN(CC)CCN1C(=O)C(=O)C(=C(O)c2ccc(F)cc2)[C@@H]1c1ccc(C(C)C)cc1. The molecule has 0 radical (unpaired) electrons. The van der Waals surface area contributed by atoms with Crippen molar-refractivity contribution in [3.05, 3.63) is 76.6 Å². The third kappa shape index (κ3) is 4.75. The van der Waals surface area contributed by atoms with Crippen molar-refractivity contribution >= 4 is 17.4 Å². The molecule has 1 fully saturated rings. The average Bonchev–Trinajstić information content (AvgIpc) is 3.04. The summed E-state index contributed by atoms with van der Waals surface area (Å²) >= 11 is 0. The van der Waals surface area contributed by atoms with Gasteiger partial charge in [0.05, 0.1) is 11.6 Å². The lowest BCUT2D eigenvalue weighted by molar-refractivity contribution is -0.140. The highest BCUT2D eigenvalue weighted by atomic mass is 19.1. The topological polar surface area (TPSA) is 60.9 Å². The lowest BCUT2D eigenvalue weighted by Crippen LogP contribution is -2.38. The van der Waals surface area contributed by atoms with Gasteiger partial charge in [0.25, 0.3) is 11.7 Å². The number of likely N-dealkylation sites (N-methyl/N-ethyl adjacent to an activating group) is 1. The van der Waals surface area contributed by atoms with Crippen LogP contribution < -0.4 is 0 Å². The number of benzene rings is 2. The first-order valence-corrected chi connectivity index (χ1v) is 11.1. The van der Waals surface area contributed by atoms with Gasteiger partial charge in [0.1, 0.15) is 11.6 Å². The first kappa shape index (κ1) is 23.7. The monoisotopic (exact) mass is 438 g/mol. The molecule has 1 aliphatic heterocycles. The van der Waals surface area contributed by atoms with E-state index in [1.54, 1.807) is 4.90 Å². The van der Waals surface area contributed by atoms with Crippen LogP contribution in [-0.2, 0) is 9.59 Å². The molecule has 1 saturated heterocycles. The van der Waals surface area contributed by atoms with Crippen LogP contribution in [0.25, 0.3) is 5.76 Å². The van der Waals surface area contributed by atoms with Gasteiger partial charge in [0.15, 0.2) is 0 Å². The highest BCUT2D eigenvalue weighted by Gasteiger charge is 2.45. The van der Waals surface area contributed by atoms with Crippen molar-refractivity contribution in [3.8, 4) is 0 Å². The molecule has 0 saturated carbocycles. The molecule has 0 unspecified atom stereocenters. The predicted molar refractivity (Wildman–Crippen MR) is 124 cm³/mol. The maximum atomic E-state index is 13.4. The molecule has 0 spiro atoms. The number of aliphatic hydroxyl groups excluding tert-OH is 1. The lowest BCUT2D eigenvalue weighted by Gasteiger charge is -2.28. The first-order chi connectivity index (χ1) is 15.3. The lowest BCUT2D eigenvalue weighted by atomic mass is 9.93. The molecule has 0 aliphatic carbocycles. The molecule has 2 aromatic rings. The summed E-state index contributed by atoms with van der Waals surface area (Å²) in [6.45, 7) is 11.0. The van der Waals surface area contributed by atoms with Gasteiger partial charge in [-0.15, -0.1) is 0 Å². The third-order valence-corrected chi connectivity index (χ3v) is 6.13. The van der Waals surface area contributed by atoms with E-state index in [2.05, 4.69) is 18.7 Å². The fraction of sp³-hybridized carbons (Fsp3) is 0.385. The van der Waals surface area contributed by atoms with Gasteiger partial charge >= 0.3 is 0 Å². The van der Waals surface area contributed by atoms with Crippen LogP contribution in [0.2, 0.25) is 0 Å². The number of Topliss-reactive ketones (excluding diaryl/α,β-unsaturated/α-hetero) is 1. The zero-order valence-corrected chi connectivity index (χ0v) is 19.1. The zero-order valence-electron chi connectivity index (χ0n) is 19.1. The molecule has 170 valence electrons. The van der Waals surface area contributed by atoms with Crippen LogP contribution in [0.5, 0.6) is 0 Å². The van der Waals surface area contributed by atoms with Crippen molar-refractivity contribution in [2.75, 3.05) is 26.2 Å². The van der Waals surface area contributed by atoms with Gasteiger partial charge in [-0.3, -0.25) is 9.59 Å². The molecule has 1 aliphatic rings. The van der Waals surface area contributed by atoms with E-state index in [0.29, 0.717) is 24.6 Å². The smallest absolute Gasteiger partial charge is 0.295 e. The van der Waals surface area contributed by atoms with E-state index in [1.165, 1.54) is 24.3 Å². The van der Waals surface area contributed by atoms with Crippen LogP contribution in [-0.4, -0.2) is 52.8 Å². The van der Waals surface area contributed by atoms with Crippen molar-refractivity contribution in [2.45, 2.75) is 39.7 Å². The minimum absolute atomic E-state index is 0.0402. The fourth-order valence-electron chi connectivity index (χ4n) is 4.07. The van der Waals surface area contributed by atoms with E-state index in [0.717, 1.165) is 24.2 Å². The number of nitrogens with zero attached hydrogens (tertiary/aromatic N) is 2. The molecule has 0 bridgehead atoms. The summed E-state index contributed by atoms with van der Waals surface area (Å²) < 4.78 is 13.4. The Kier molecular flexibility index (Phi) is 7.46. The molecular formula is C26H31FN2O3. The standard InChI is InChI=1S/C26H31FN2O3/c1-5-28(6-2)15-16-29-23(19-9-7-18(8-10-19)17(3)4)22(25(31)26(29)32)24(30)20-11-13-21(27)14-12-20/h7-14,17,23,30H,5-6,15-16H2,1-4H3/t23-/m0/s1. The Labute approximate surface area is 189 Å². The summed E-state index contributed by atoms with van der Waals surface area (Å²) in [5.41, 5.74) is 2.25. The van der Waals surface area contributed by atoms with Crippen LogP contribution in [0, 0.1) is 5.82 Å². The number of hydrogen-bond donors (Lipinski definition) is 1. The summed E-state index contributed by atoms with van der Waals surface area (Å²) in [7, 11) is 0. The van der Waals surface area contributed by atoms with E-state index >= 15 is 0 Å². The highest BCUT2D eigenvalue weighted by Crippen LogP contribution is 2.39. The molecule has 1 amide bonds. The Bertz CT molecular complexity index is 993. The molecule has 3 rings (SSSR count). The van der Waals surface area contributed by atoms with Crippen molar-refractivity contribution in [1.82, 2.24) is 9.80 Å². The molecule has 6 heteroatoms. The van der Waals surface area contributed by atoms with Crippen molar-refractivity contribution in [3.63, 3.8) is 0 Å². The van der Waals surface area contributed by atoms with Gasteiger partial charge in [-0.1, -0.05) is 52.0 Å². The number of amides is 1. The molecule has 32 heavy (non-hydrogen) atoms. The molecule has 5 nitrogen and oxygen atoms in total. The summed E-state index contributed by atoms with van der Waals surface area (Å²) in [4.78, 5) is 29.8. The summed E-state index contributed by atoms with van der Waals surface area (Å²) in [6.07, 6.45) is 0. The van der Waals surface area contributed by atoms with E-state index in [4.69, 9.17) is 0 Å². The van der Waals surface area contributed by atoms with Crippen LogP contribution >= 0.6 is 0 Å². The summed E-state index contributed by atoms with van der Waals surface area (Å²) in [6, 6.07) is 12.4. The number of ketones is 1. The van der Waals surface area contributed by atoms with E-state index < -0.39 is 23.5 Å². The quantitative estimate of drug-likeness (QED) is 0.368. The molecule has 2 aromatic carbocycles. The second kappa shape index (κ2) is 10.1. The largest absolute Gasteiger partial charge is 0.507 e. The van der Waals surface area contributed by atoms with Crippen LogP contribution in [0.3, 0.4) is 0 Å². The number of rotatable bonds is 8. The first-order valence-electron chi connectivity index (χ1n) is 11.1. The Morgan fingerprint density at radius 3 is 2.16 bits per heavy atom. The van der Waals surface area contributed by atoms with E-state index in [1.807, 2.05) is 38.1 Å². The van der Waals surface area contributed by atoms with Gasteiger partial charge in [-0.2, -0.15) is 0 Å². The zero-order chi connectivity index (χ0) is 23.4. The molecular weight excluding hydrogens is 407 g/mol. The second-order valence-electron chi connectivity index (χ2n) is 8.35. The number of halogens is 1. The number of likely N-dealkylation sites (tertiary alicyclic amines) is 1. The maximum Gasteiger partial charge on any atom is 0.295 e. The highest BCUT2D eigenvalue weighted by molar-refractivity contribution is 6.46. The molecule has 1 heterocycles. The Balaban J connectivity index is 2.09. The van der Waals surface area contributed by atoms with Crippen LogP contribution in [0.4, 0.5) is 4.39 Å². The van der Waals surface area contributed by atoms with Crippen LogP contribution in [0.1, 0.15) is 56.3 Å². The normalized spacial score (nSPS) is 18.2. The number of carbonyl (C=O) groups excluding carboxylic acids is 2. The predicted octanol–water partition coefficient (Wildman–Crippen LogP) is 4.71. The molecule has 1 atom stereocenters. The van der Waals surface area contributed by atoms with E-state index in [-0.39, 0.29) is 11.3 Å². The van der Waals surface area contributed by atoms with E-state index in [9.17, 15) is 19.1 Å². The Hall–Kier alpha value is -2.99. The summed E-state index contributed by atoms with van der Waals surface area (Å²) in [5, 5.41) is 11.0. The Morgan fingerprint density at radius 2 is 1.62 bits per heavy atom. The minimum atomic E-state index is -0.718. The van der Waals surface area contributed by atoms with Gasteiger partial charge in [-0.25, -0.2) is 4.39 Å².